The van der Waals surface area contributed by atoms with Crippen LogP contribution in [0.15, 0.2) is 59.1 Å². The molecule has 0 aromatic heterocycles. The molecule has 0 aliphatic heterocycles. The number of aliphatic imine (C=N–C) groups is 1. The van der Waals surface area contributed by atoms with Gasteiger partial charge in [0.05, 0.1) is 7.11 Å². The lowest BCUT2D eigenvalue weighted by Gasteiger charge is -2.08. The zero-order chi connectivity index (χ0) is 14.8. The summed E-state index contributed by atoms with van der Waals surface area (Å²) in [6.07, 6.45) is 2.74. The summed E-state index contributed by atoms with van der Waals surface area (Å²) >= 11 is 0. The number of methoxy groups -OCH3 is 1. The summed E-state index contributed by atoms with van der Waals surface area (Å²) in [5.74, 6) is 0.839. The number of carbonyl (C=O) groups is 1. The van der Waals surface area contributed by atoms with Crippen LogP contribution in [0.2, 0.25) is 0 Å². The van der Waals surface area contributed by atoms with E-state index in [0.29, 0.717) is 12.4 Å². The van der Waals surface area contributed by atoms with Crippen LogP contribution in [-0.2, 0) is 16.1 Å². The molecule has 1 aromatic carbocycles. The number of nitrogens with one attached hydrogen (secondary N) is 1. The molecule has 20 heavy (non-hydrogen) atoms. The summed E-state index contributed by atoms with van der Waals surface area (Å²) < 4.78 is 10.1. The van der Waals surface area contributed by atoms with Gasteiger partial charge in [-0.1, -0.05) is 30.3 Å². The zero-order valence-electron chi connectivity index (χ0n) is 11.6. The first-order chi connectivity index (χ1) is 9.69. The molecule has 0 saturated heterocycles. The molecule has 0 aliphatic rings. The van der Waals surface area contributed by atoms with Crippen LogP contribution in [0.3, 0.4) is 0 Å². The predicted molar refractivity (Wildman–Crippen MR) is 78.2 cm³/mol. The number of hydrogen-bond acceptors (Lipinski definition) is 4. The number of rotatable bonds is 6. The van der Waals surface area contributed by atoms with Gasteiger partial charge in [-0.3, -0.25) is 5.32 Å². The van der Waals surface area contributed by atoms with Gasteiger partial charge in [0.15, 0.2) is 0 Å². The van der Waals surface area contributed by atoms with Gasteiger partial charge in [-0.05, 0) is 25.3 Å². The van der Waals surface area contributed by atoms with E-state index in [0.717, 1.165) is 5.56 Å². The highest BCUT2D eigenvalue weighted by atomic mass is 16.5. The molecule has 0 saturated carbocycles. The fourth-order valence-corrected chi connectivity index (χ4v) is 1.36. The Balaban J connectivity index is 2.66. The van der Waals surface area contributed by atoms with Crippen molar-refractivity contribution in [2.24, 2.45) is 4.99 Å². The second-order valence-electron chi connectivity index (χ2n) is 3.77. The molecule has 1 aromatic rings. The van der Waals surface area contributed by atoms with Crippen LogP contribution in [0, 0.1) is 0 Å². The fraction of sp³-hybridized carbons (Fsp3) is 0.200. The Labute approximate surface area is 118 Å². The molecule has 0 bridgehead atoms. The number of nitrogens with zero attached hydrogens (tertiary/aromatic N) is 1. The van der Waals surface area contributed by atoms with Crippen LogP contribution in [-0.4, -0.2) is 19.9 Å². The number of alkyl carbamates (subject to hydrolysis) is 1. The first kappa shape index (κ1) is 15.5. The summed E-state index contributed by atoms with van der Waals surface area (Å²) in [6.45, 7) is 5.64. The van der Waals surface area contributed by atoms with Gasteiger partial charge >= 0.3 is 6.09 Å². The Hall–Kier alpha value is -2.56. The van der Waals surface area contributed by atoms with Crippen molar-refractivity contribution in [3.05, 3.63) is 59.6 Å². The minimum atomic E-state index is -0.609. The molecule has 0 unspecified atom stereocenters. The highest BCUT2D eigenvalue weighted by Crippen LogP contribution is 2.09. The van der Waals surface area contributed by atoms with Gasteiger partial charge in [-0.2, -0.15) is 0 Å². The Morgan fingerprint density at radius 3 is 2.65 bits per heavy atom. The third kappa shape index (κ3) is 5.39. The minimum absolute atomic E-state index is 0.262. The molecule has 5 nitrogen and oxygen atoms in total. The standard InChI is InChI=1S/C15H18N2O3/c1-4-13(10-14(16-2)17-15(18)19-3)20-11-12-8-6-5-7-9-12/h4-10H,2,11H2,1,3H3,(H,17,18)/b13-4+,14-10+. The van der Waals surface area contributed by atoms with E-state index in [1.54, 1.807) is 12.2 Å². The molecule has 1 N–H and O–H groups in total. The first-order valence-corrected chi connectivity index (χ1v) is 6.06. The van der Waals surface area contributed by atoms with Gasteiger partial charge in [0.1, 0.15) is 18.2 Å². The summed E-state index contributed by atoms with van der Waals surface area (Å²) in [5.41, 5.74) is 1.05. The van der Waals surface area contributed by atoms with Crippen molar-refractivity contribution in [2.75, 3.05) is 7.11 Å². The van der Waals surface area contributed by atoms with Crippen molar-refractivity contribution in [1.82, 2.24) is 5.32 Å². The van der Waals surface area contributed by atoms with Crippen molar-refractivity contribution in [1.29, 1.82) is 0 Å². The molecule has 106 valence electrons. The maximum absolute atomic E-state index is 11.1. The lowest BCUT2D eigenvalue weighted by molar-refractivity contribution is 0.174. The van der Waals surface area contributed by atoms with Gasteiger partial charge in [0.25, 0.3) is 0 Å². The van der Waals surface area contributed by atoms with E-state index in [1.165, 1.54) is 7.11 Å². The molecule has 1 amide bonds. The normalized spacial score (nSPS) is 11.7. The Morgan fingerprint density at radius 2 is 2.10 bits per heavy atom. The molecule has 0 fully saturated rings. The van der Waals surface area contributed by atoms with Gasteiger partial charge in [0, 0.05) is 6.08 Å². The highest BCUT2D eigenvalue weighted by molar-refractivity contribution is 5.69. The van der Waals surface area contributed by atoms with Crippen LogP contribution in [0.5, 0.6) is 0 Å². The quantitative estimate of drug-likeness (QED) is 0.493. The van der Waals surface area contributed by atoms with E-state index in [9.17, 15) is 4.79 Å². The Morgan fingerprint density at radius 1 is 1.40 bits per heavy atom. The number of carbonyl (C=O) groups excluding carboxylic acids is 1. The van der Waals surface area contributed by atoms with E-state index in [1.807, 2.05) is 37.3 Å². The van der Waals surface area contributed by atoms with Crippen LogP contribution in [0.1, 0.15) is 12.5 Å². The SMILES string of the molecule is C=N/C(=C\C(=C/C)OCc1ccccc1)NC(=O)OC. The van der Waals surface area contributed by atoms with Crippen molar-refractivity contribution in [3.8, 4) is 0 Å². The van der Waals surface area contributed by atoms with Crippen LogP contribution in [0.25, 0.3) is 0 Å². The van der Waals surface area contributed by atoms with E-state index >= 15 is 0 Å². The average molecular weight is 274 g/mol. The van der Waals surface area contributed by atoms with Crippen LogP contribution >= 0.6 is 0 Å². The van der Waals surface area contributed by atoms with E-state index in [4.69, 9.17) is 4.74 Å². The summed E-state index contributed by atoms with van der Waals surface area (Å²) in [4.78, 5) is 14.8. The number of benzene rings is 1. The second kappa shape index (κ2) is 8.53. The highest BCUT2D eigenvalue weighted by Gasteiger charge is 2.03. The lowest BCUT2D eigenvalue weighted by Crippen LogP contribution is -2.21. The molecular formula is C15H18N2O3. The number of allylic oxidation sites excluding steroid dienone is 2. The van der Waals surface area contributed by atoms with Gasteiger partial charge in [-0.25, -0.2) is 9.79 Å². The topological polar surface area (TPSA) is 59.9 Å². The maximum atomic E-state index is 11.1. The Kier molecular flexibility index (Phi) is 6.61. The van der Waals surface area contributed by atoms with Gasteiger partial charge in [-0.15, -0.1) is 0 Å². The van der Waals surface area contributed by atoms with Gasteiger partial charge < -0.3 is 9.47 Å². The molecular weight excluding hydrogens is 256 g/mol. The molecule has 0 spiro atoms. The number of hydrogen-bond donors (Lipinski definition) is 1. The van der Waals surface area contributed by atoms with Crippen LogP contribution in [0.4, 0.5) is 4.79 Å². The number of ether oxygens (including phenoxy) is 2. The van der Waals surface area contributed by atoms with E-state index in [-0.39, 0.29) is 5.82 Å². The van der Waals surface area contributed by atoms with Crippen molar-refractivity contribution in [3.63, 3.8) is 0 Å². The van der Waals surface area contributed by atoms with Crippen molar-refractivity contribution >= 4 is 12.8 Å². The Bertz CT molecular complexity index is 507. The first-order valence-electron chi connectivity index (χ1n) is 6.06. The molecule has 1 rings (SSSR count). The fourth-order valence-electron chi connectivity index (χ4n) is 1.36. The third-order valence-corrected chi connectivity index (χ3v) is 2.40. The summed E-state index contributed by atoms with van der Waals surface area (Å²) in [5, 5.41) is 2.43. The molecule has 0 heterocycles. The molecule has 0 radical (unpaired) electrons. The largest absolute Gasteiger partial charge is 0.489 e. The smallest absolute Gasteiger partial charge is 0.412 e. The van der Waals surface area contributed by atoms with Crippen LogP contribution < -0.4 is 5.32 Å². The van der Waals surface area contributed by atoms with E-state index < -0.39 is 6.09 Å². The average Bonchev–Trinajstić information content (AvgIpc) is 2.50. The minimum Gasteiger partial charge on any atom is -0.489 e. The maximum Gasteiger partial charge on any atom is 0.412 e. The summed E-state index contributed by atoms with van der Waals surface area (Å²) in [7, 11) is 1.28. The van der Waals surface area contributed by atoms with E-state index in [2.05, 4.69) is 21.8 Å². The third-order valence-electron chi connectivity index (χ3n) is 2.40. The number of amides is 1. The monoisotopic (exact) mass is 274 g/mol. The van der Waals surface area contributed by atoms with Crippen molar-refractivity contribution < 1.29 is 14.3 Å². The molecule has 5 heteroatoms. The zero-order valence-corrected chi connectivity index (χ0v) is 11.6. The molecule has 0 aliphatic carbocycles. The molecule has 0 atom stereocenters. The lowest BCUT2D eigenvalue weighted by atomic mass is 10.2. The second-order valence-corrected chi connectivity index (χ2v) is 3.77. The van der Waals surface area contributed by atoms with Crippen molar-refractivity contribution in [2.45, 2.75) is 13.5 Å². The summed E-state index contributed by atoms with van der Waals surface area (Å²) in [6, 6.07) is 9.77. The van der Waals surface area contributed by atoms with Gasteiger partial charge in [0.2, 0.25) is 0 Å². The predicted octanol–water partition coefficient (Wildman–Crippen LogP) is 3.01.